The van der Waals surface area contributed by atoms with Gasteiger partial charge in [0.2, 0.25) is 0 Å². The molecule has 2 rings (SSSR count). The number of carbonyl (C=O) groups is 2. The molecule has 6 nitrogen and oxygen atoms in total. The molecular weight excluding hydrogens is 290 g/mol. The molecule has 0 saturated heterocycles. The minimum atomic E-state index is -0.991. The fourth-order valence-electron chi connectivity index (χ4n) is 1.76. The molecule has 1 aromatic heterocycles. The van der Waals surface area contributed by atoms with Gasteiger partial charge in [0.15, 0.2) is 0 Å². The number of aromatic nitrogens is 1. The number of aryl methyl sites for hydroxylation is 2. The Balaban J connectivity index is 1.96. The van der Waals surface area contributed by atoms with Crippen molar-refractivity contribution in [2.45, 2.75) is 20.4 Å². The van der Waals surface area contributed by atoms with Crippen LogP contribution in [0, 0.1) is 13.8 Å². The molecular formula is C14H15N3O3S. The predicted octanol–water partition coefficient (Wildman–Crippen LogP) is 2.78. The van der Waals surface area contributed by atoms with Crippen LogP contribution in [0.4, 0.5) is 10.5 Å². The lowest BCUT2D eigenvalue weighted by Crippen LogP contribution is -2.28. The summed E-state index contributed by atoms with van der Waals surface area (Å²) in [5.74, 6) is -0.991. The molecule has 3 N–H and O–H groups in total. The third kappa shape index (κ3) is 3.79. The molecule has 21 heavy (non-hydrogen) atoms. The molecule has 1 aromatic carbocycles. The Hall–Kier alpha value is -2.41. The zero-order valence-corrected chi connectivity index (χ0v) is 12.5. The number of hydrogen-bond donors (Lipinski definition) is 3. The summed E-state index contributed by atoms with van der Waals surface area (Å²) in [7, 11) is 0. The maximum absolute atomic E-state index is 11.8. The van der Waals surface area contributed by atoms with Crippen LogP contribution in [0.3, 0.4) is 0 Å². The molecule has 2 aromatic rings. The van der Waals surface area contributed by atoms with E-state index in [-0.39, 0.29) is 11.6 Å². The molecule has 1 heterocycles. The van der Waals surface area contributed by atoms with Gasteiger partial charge in [-0.05, 0) is 37.6 Å². The number of rotatable bonds is 4. The third-order valence-corrected chi connectivity index (χ3v) is 3.91. The Bertz CT molecular complexity index is 682. The first-order chi connectivity index (χ1) is 9.97. The SMILES string of the molecule is Cc1cc(C(=O)O)ccc1NC(=O)NCc1scnc1C. The lowest BCUT2D eigenvalue weighted by molar-refractivity contribution is 0.0697. The zero-order valence-electron chi connectivity index (χ0n) is 11.6. The highest BCUT2D eigenvalue weighted by molar-refractivity contribution is 7.09. The van der Waals surface area contributed by atoms with E-state index >= 15 is 0 Å². The first-order valence-corrected chi connectivity index (χ1v) is 7.13. The van der Waals surface area contributed by atoms with Crippen LogP contribution in [0.25, 0.3) is 0 Å². The van der Waals surface area contributed by atoms with Crippen molar-refractivity contribution in [3.63, 3.8) is 0 Å². The van der Waals surface area contributed by atoms with Crippen molar-refractivity contribution in [3.05, 3.63) is 45.4 Å². The molecule has 0 aliphatic heterocycles. The second-order valence-electron chi connectivity index (χ2n) is 4.50. The number of thiazole rings is 1. The molecule has 0 aliphatic rings. The number of benzene rings is 1. The Morgan fingerprint density at radius 1 is 1.33 bits per heavy atom. The highest BCUT2D eigenvalue weighted by Gasteiger charge is 2.09. The van der Waals surface area contributed by atoms with Gasteiger partial charge in [-0.1, -0.05) is 0 Å². The van der Waals surface area contributed by atoms with Gasteiger partial charge in [-0.3, -0.25) is 0 Å². The van der Waals surface area contributed by atoms with Crippen LogP contribution < -0.4 is 10.6 Å². The van der Waals surface area contributed by atoms with Gasteiger partial charge in [-0.25, -0.2) is 14.6 Å². The van der Waals surface area contributed by atoms with E-state index in [0.29, 0.717) is 17.8 Å². The maximum atomic E-state index is 11.8. The van der Waals surface area contributed by atoms with Gasteiger partial charge in [0.1, 0.15) is 0 Å². The number of nitrogens with zero attached hydrogens (tertiary/aromatic N) is 1. The molecule has 0 aliphatic carbocycles. The molecule has 0 fully saturated rings. The largest absolute Gasteiger partial charge is 0.478 e. The van der Waals surface area contributed by atoms with Crippen LogP contribution in [-0.4, -0.2) is 22.1 Å². The molecule has 0 radical (unpaired) electrons. The summed E-state index contributed by atoms with van der Waals surface area (Å²) in [6.07, 6.45) is 0. The molecule has 110 valence electrons. The Labute approximate surface area is 125 Å². The average Bonchev–Trinajstić information content (AvgIpc) is 2.84. The molecule has 7 heteroatoms. The van der Waals surface area contributed by atoms with Crippen molar-refractivity contribution in [1.82, 2.24) is 10.3 Å². The number of hydrogen-bond acceptors (Lipinski definition) is 4. The van der Waals surface area contributed by atoms with Crippen LogP contribution in [0.1, 0.15) is 26.5 Å². The summed E-state index contributed by atoms with van der Waals surface area (Å²) in [6.45, 7) is 4.05. The topological polar surface area (TPSA) is 91.3 Å². The van der Waals surface area contributed by atoms with Crippen LogP contribution >= 0.6 is 11.3 Å². The fraction of sp³-hybridized carbons (Fsp3) is 0.214. The predicted molar refractivity (Wildman–Crippen MR) is 80.8 cm³/mol. The number of amides is 2. The van der Waals surface area contributed by atoms with Crippen molar-refractivity contribution >= 4 is 29.0 Å². The van der Waals surface area contributed by atoms with E-state index in [2.05, 4.69) is 15.6 Å². The molecule has 0 spiro atoms. The lowest BCUT2D eigenvalue weighted by atomic mass is 10.1. The number of anilines is 1. The molecule has 0 unspecified atom stereocenters. The van der Waals surface area contributed by atoms with Gasteiger partial charge in [0, 0.05) is 10.6 Å². The van der Waals surface area contributed by atoms with E-state index < -0.39 is 5.97 Å². The second kappa shape index (κ2) is 6.36. The zero-order chi connectivity index (χ0) is 15.4. The monoisotopic (exact) mass is 305 g/mol. The smallest absolute Gasteiger partial charge is 0.335 e. The second-order valence-corrected chi connectivity index (χ2v) is 5.44. The van der Waals surface area contributed by atoms with E-state index in [1.54, 1.807) is 18.5 Å². The Morgan fingerprint density at radius 2 is 2.10 bits per heavy atom. The summed E-state index contributed by atoms with van der Waals surface area (Å²) in [6, 6.07) is 4.22. The number of aromatic carboxylic acids is 1. The van der Waals surface area contributed by atoms with Gasteiger partial charge >= 0.3 is 12.0 Å². The Morgan fingerprint density at radius 3 is 2.67 bits per heavy atom. The summed E-state index contributed by atoms with van der Waals surface area (Å²) < 4.78 is 0. The molecule has 0 atom stereocenters. The van der Waals surface area contributed by atoms with E-state index in [1.165, 1.54) is 23.5 Å². The normalized spacial score (nSPS) is 10.2. The van der Waals surface area contributed by atoms with Crippen molar-refractivity contribution in [1.29, 1.82) is 0 Å². The highest BCUT2D eigenvalue weighted by atomic mass is 32.1. The van der Waals surface area contributed by atoms with Gasteiger partial charge in [-0.2, -0.15) is 0 Å². The standard InChI is InChI=1S/C14H15N3O3S/c1-8-5-10(13(18)19)3-4-11(8)17-14(20)15-6-12-9(2)16-7-21-12/h3-5,7H,6H2,1-2H3,(H,18,19)(H2,15,17,20). The number of carbonyl (C=O) groups excluding carboxylic acids is 1. The molecule has 0 bridgehead atoms. The summed E-state index contributed by atoms with van der Waals surface area (Å²) in [5.41, 5.74) is 4.11. The van der Waals surface area contributed by atoms with Crippen molar-refractivity contribution in [2.75, 3.05) is 5.32 Å². The van der Waals surface area contributed by atoms with E-state index in [4.69, 9.17) is 5.11 Å². The highest BCUT2D eigenvalue weighted by Crippen LogP contribution is 2.17. The first-order valence-electron chi connectivity index (χ1n) is 6.25. The van der Waals surface area contributed by atoms with Gasteiger partial charge in [0.25, 0.3) is 0 Å². The maximum Gasteiger partial charge on any atom is 0.335 e. The minimum absolute atomic E-state index is 0.193. The van der Waals surface area contributed by atoms with E-state index in [1.807, 2.05) is 6.92 Å². The molecule has 0 saturated carbocycles. The molecule has 2 amide bonds. The number of carboxylic acid groups (broad SMARTS) is 1. The van der Waals surface area contributed by atoms with Gasteiger partial charge in [0.05, 0.1) is 23.3 Å². The average molecular weight is 305 g/mol. The fourth-order valence-corrected chi connectivity index (χ4v) is 2.48. The van der Waals surface area contributed by atoms with Gasteiger partial charge in [-0.15, -0.1) is 11.3 Å². The summed E-state index contributed by atoms with van der Waals surface area (Å²) >= 11 is 1.49. The Kier molecular flexibility index (Phi) is 4.54. The number of nitrogens with one attached hydrogen (secondary N) is 2. The lowest BCUT2D eigenvalue weighted by Gasteiger charge is -2.10. The van der Waals surface area contributed by atoms with Crippen LogP contribution in [0.5, 0.6) is 0 Å². The van der Waals surface area contributed by atoms with Crippen molar-refractivity contribution in [3.8, 4) is 0 Å². The van der Waals surface area contributed by atoms with Crippen LogP contribution in [0.2, 0.25) is 0 Å². The van der Waals surface area contributed by atoms with E-state index in [0.717, 1.165) is 10.6 Å². The van der Waals surface area contributed by atoms with Crippen molar-refractivity contribution in [2.24, 2.45) is 0 Å². The van der Waals surface area contributed by atoms with Crippen LogP contribution in [0.15, 0.2) is 23.7 Å². The van der Waals surface area contributed by atoms with E-state index in [9.17, 15) is 9.59 Å². The quantitative estimate of drug-likeness (QED) is 0.810. The first kappa shape index (κ1) is 15.0. The summed E-state index contributed by atoms with van der Waals surface area (Å²) in [5, 5.41) is 14.3. The summed E-state index contributed by atoms with van der Waals surface area (Å²) in [4.78, 5) is 27.8. The van der Waals surface area contributed by atoms with Crippen molar-refractivity contribution < 1.29 is 14.7 Å². The minimum Gasteiger partial charge on any atom is -0.478 e. The van der Waals surface area contributed by atoms with Gasteiger partial charge < -0.3 is 15.7 Å². The van der Waals surface area contributed by atoms with Crippen LogP contribution in [-0.2, 0) is 6.54 Å². The number of urea groups is 1. The number of carboxylic acids is 1. The third-order valence-electron chi connectivity index (χ3n) is 2.98.